The molecular formula is C22H20FN3O2. The first-order chi connectivity index (χ1) is 13.6. The summed E-state index contributed by atoms with van der Waals surface area (Å²) in [4.78, 5) is 30.9. The highest BCUT2D eigenvalue weighted by molar-refractivity contribution is 6.07. The van der Waals surface area contributed by atoms with Crippen LogP contribution in [0.25, 0.3) is 0 Å². The van der Waals surface area contributed by atoms with Crippen LogP contribution >= 0.6 is 0 Å². The first-order valence-corrected chi connectivity index (χ1v) is 8.93. The van der Waals surface area contributed by atoms with Crippen LogP contribution in [0.2, 0.25) is 0 Å². The molecular weight excluding hydrogens is 357 g/mol. The number of hydrogen-bond donors (Lipinski definition) is 1. The van der Waals surface area contributed by atoms with Crippen LogP contribution in [0.3, 0.4) is 0 Å². The number of nitrogens with zero attached hydrogens (tertiary/aromatic N) is 2. The second kappa shape index (κ2) is 8.90. The van der Waals surface area contributed by atoms with Crippen LogP contribution in [-0.4, -0.2) is 23.3 Å². The highest BCUT2D eigenvalue weighted by Crippen LogP contribution is 2.17. The predicted octanol–water partition coefficient (Wildman–Crippen LogP) is 3.82. The van der Waals surface area contributed by atoms with E-state index in [9.17, 15) is 14.0 Å². The molecule has 1 N–H and O–H groups in total. The van der Waals surface area contributed by atoms with Gasteiger partial charge in [0.25, 0.3) is 11.8 Å². The number of carbonyl (C=O) groups excluding carboxylic acids is 2. The smallest absolute Gasteiger partial charge is 0.259 e. The van der Waals surface area contributed by atoms with Crippen molar-refractivity contribution in [2.75, 3.05) is 11.4 Å². The van der Waals surface area contributed by atoms with Crippen molar-refractivity contribution in [3.63, 3.8) is 0 Å². The maximum atomic E-state index is 13.7. The number of aromatic nitrogens is 1. The fourth-order valence-electron chi connectivity index (χ4n) is 2.81. The third kappa shape index (κ3) is 4.40. The van der Waals surface area contributed by atoms with Gasteiger partial charge in [-0.25, -0.2) is 4.39 Å². The van der Waals surface area contributed by atoms with Gasteiger partial charge in [-0.2, -0.15) is 0 Å². The number of amides is 2. The minimum absolute atomic E-state index is 0.0504. The Morgan fingerprint density at radius 3 is 2.39 bits per heavy atom. The van der Waals surface area contributed by atoms with Crippen molar-refractivity contribution in [3.05, 3.63) is 95.6 Å². The normalized spacial score (nSPS) is 10.4. The largest absolute Gasteiger partial charge is 0.348 e. The highest BCUT2D eigenvalue weighted by Gasteiger charge is 2.18. The van der Waals surface area contributed by atoms with Crippen molar-refractivity contribution < 1.29 is 14.0 Å². The lowest BCUT2D eigenvalue weighted by Gasteiger charge is -2.21. The van der Waals surface area contributed by atoms with Gasteiger partial charge in [0.05, 0.1) is 11.1 Å². The molecule has 3 aromatic rings. The van der Waals surface area contributed by atoms with Crippen LogP contribution in [0.15, 0.2) is 73.1 Å². The Kier molecular flexibility index (Phi) is 6.11. The van der Waals surface area contributed by atoms with Crippen molar-refractivity contribution in [2.45, 2.75) is 13.5 Å². The monoisotopic (exact) mass is 377 g/mol. The number of halogens is 1. The summed E-state index contributed by atoms with van der Waals surface area (Å²) in [6.07, 6.45) is 2.81. The molecule has 0 atom stereocenters. The SMILES string of the molecule is CCN(C(=O)c1cncc(C(=O)NCc2ccccc2F)c1)c1ccccc1. The molecule has 2 aromatic carbocycles. The summed E-state index contributed by atoms with van der Waals surface area (Å²) in [5.74, 6) is -1.05. The third-order valence-corrected chi connectivity index (χ3v) is 4.27. The Morgan fingerprint density at radius 2 is 1.68 bits per heavy atom. The van der Waals surface area contributed by atoms with E-state index in [1.54, 1.807) is 23.1 Å². The molecule has 0 unspecified atom stereocenters. The lowest BCUT2D eigenvalue weighted by molar-refractivity contribution is 0.0950. The Bertz CT molecular complexity index is 976. The summed E-state index contributed by atoms with van der Waals surface area (Å²) in [6.45, 7) is 2.41. The molecule has 6 heteroatoms. The Hall–Kier alpha value is -3.54. The first-order valence-electron chi connectivity index (χ1n) is 8.93. The molecule has 0 saturated carbocycles. The summed E-state index contributed by atoms with van der Waals surface area (Å²) in [5.41, 5.74) is 1.71. The van der Waals surface area contributed by atoms with Gasteiger partial charge in [0.15, 0.2) is 0 Å². The maximum absolute atomic E-state index is 13.7. The quantitative estimate of drug-likeness (QED) is 0.710. The molecule has 0 radical (unpaired) electrons. The molecule has 142 valence electrons. The van der Waals surface area contributed by atoms with E-state index < -0.39 is 5.91 Å². The Balaban J connectivity index is 1.75. The molecule has 0 saturated heterocycles. The first kappa shape index (κ1) is 19.2. The average molecular weight is 377 g/mol. The van der Waals surface area contributed by atoms with Crippen molar-refractivity contribution in [1.82, 2.24) is 10.3 Å². The topological polar surface area (TPSA) is 62.3 Å². The molecule has 0 spiro atoms. The van der Waals surface area contributed by atoms with E-state index in [0.717, 1.165) is 5.69 Å². The summed E-state index contributed by atoms with van der Waals surface area (Å²) < 4.78 is 13.7. The Labute approximate surface area is 162 Å². The van der Waals surface area contributed by atoms with Gasteiger partial charge in [-0.15, -0.1) is 0 Å². The van der Waals surface area contributed by atoms with Gasteiger partial charge in [-0.05, 0) is 31.2 Å². The van der Waals surface area contributed by atoms with E-state index in [-0.39, 0.29) is 23.8 Å². The zero-order valence-corrected chi connectivity index (χ0v) is 15.4. The summed E-state index contributed by atoms with van der Waals surface area (Å²) >= 11 is 0. The van der Waals surface area contributed by atoms with Crippen molar-refractivity contribution >= 4 is 17.5 Å². The van der Waals surface area contributed by atoms with E-state index in [2.05, 4.69) is 10.3 Å². The molecule has 3 rings (SSSR count). The molecule has 0 bridgehead atoms. The standard InChI is InChI=1S/C22H20FN3O2/c1-2-26(19-9-4-3-5-10-19)22(28)18-12-17(13-24-14-18)21(27)25-15-16-8-6-7-11-20(16)23/h3-14H,2,15H2,1H3,(H,25,27). The van der Waals surface area contributed by atoms with Gasteiger partial charge in [0, 0.05) is 36.7 Å². The van der Waals surface area contributed by atoms with Crippen molar-refractivity contribution in [3.8, 4) is 0 Å². The second-order valence-electron chi connectivity index (χ2n) is 6.12. The van der Waals surface area contributed by atoms with Crippen LogP contribution in [0.1, 0.15) is 33.2 Å². The number of carbonyl (C=O) groups is 2. The lowest BCUT2D eigenvalue weighted by Crippen LogP contribution is -2.31. The summed E-state index contributed by atoms with van der Waals surface area (Å²) in [7, 11) is 0. The van der Waals surface area contributed by atoms with Gasteiger partial charge >= 0.3 is 0 Å². The number of benzene rings is 2. The minimum Gasteiger partial charge on any atom is -0.348 e. The van der Waals surface area contributed by atoms with Crippen LogP contribution < -0.4 is 10.2 Å². The highest BCUT2D eigenvalue weighted by atomic mass is 19.1. The van der Waals surface area contributed by atoms with Crippen LogP contribution in [-0.2, 0) is 6.54 Å². The molecule has 2 amide bonds. The van der Waals surface area contributed by atoms with Gasteiger partial charge < -0.3 is 10.2 Å². The molecule has 0 aliphatic rings. The number of rotatable bonds is 6. The van der Waals surface area contributed by atoms with Gasteiger partial charge in [0.2, 0.25) is 0 Å². The zero-order chi connectivity index (χ0) is 19.9. The van der Waals surface area contributed by atoms with Gasteiger partial charge in [-0.1, -0.05) is 36.4 Å². The van der Waals surface area contributed by atoms with Crippen LogP contribution in [0.5, 0.6) is 0 Å². The van der Waals surface area contributed by atoms with Gasteiger partial charge in [-0.3, -0.25) is 14.6 Å². The molecule has 0 fully saturated rings. The van der Waals surface area contributed by atoms with E-state index in [1.165, 1.54) is 24.5 Å². The number of hydrogen-bond acceptors (Lipinski definition) is 3. The fourth-order valence-corrected chi connectivity index (χ4v) is 2.81. The summed E-state index contributed by atoms with van der Waals surface area (Å²) in [5, 5.41) is 2.65. The number of pyridine rings is 1. The second-order valence-corrected chi connectivity index (χ2v) is 6.12. The number of anilines is 1. The van der Waals surface area contributed by atoms with E-state index >= 15 is 0 Å². The number of nitrogens with one attached hydrogen (secondary N) is 1. The van der Waals surface area contributed by atoms with E-state index in [4.69, 9.17) is 0 Å². The number of para-hydroxylation sites is 1. The molecule has 0 aliphatic heterocycles. The molecule has 0 aliphatic carbocycles. The summed E-state index contributed by atoms with van der Waals surface area (Å²) in [6, 6.07) is 17.0. The minimum atomic E-state index is -0.423. The predicted molar refractivity (Wildman–Crippen MR) is 106 cm³/mol. The van der Waals surface area contributed by atoms with E-state index in [0.29, 0.717) is 17.7 Å². The van der Waals surface area contributed by atoms with Gasteiger partial charge in [0.1, 0.15) is 5.82 Å². The van der Waals surface area contributed by atoms with E-state index in [1.807, 2.05) is 37.3 Å². The van der Waals surface area contributed by atoms with Crippen LogP contribution in [0, 0.1) is 5.82 Å². The third-order valence-electron chi connectivity index (χ3n) is 4.27. The Morgan fingerprint density at radius 1 is 1.00 bits per heavy atom. The molecule has 5 nitrogen and oxygen atoms in total. The van der Waals surface area contributed by atoms with Crippen molar-refractivity contribution in [1.29, 1.82) is 0 Å². The zero-order valence-electron chi connectivity index (χ0n) is 15.4. The molecule has 1 heterocycles. The molecule has 1 aromatic heterocycles. The van der Waals surface area contributed by atoms with Crippen molar-refractivity contribution in [2.24, 2.45) is 0 Å². The average Bonchev–Trinajstić information content (AvgIpc) is 2.74. The van der Waals surface area contributed by atoms with Crippen LogP contribution in [0.4, 0.5) is 10.1 Å². The fraction of sp³-hybridized carbons (Fsp3) is 0.136. The maximum Gasteiger partial charge on any atom is 0.259 e. The molecule has 28 heavy (non-hydrogen) atoms. The lowest BCUT2D eigenvalue weighted by atomic mass is 10.1.